The zero-order chi connectivity index (χ0) is 28.4. The molecule has 3 rings (SSSR count). The maximum Gasteiger partial charge on any atom is 0.261 e. The van der Waals surface area contributed by atoms with Crippen LogP contribution in [-0.4, -0.2) is 58.0 Å². The van der Waals surface area contributed by atoms with Gasteiger partial charge in [-0.05, 0) is 73.2 Å². The molecule has 3 aromatic carbocycles. The van der Waals surface area contributed by atoms with E-state index in [0.29, 0.717) is 12.2 Å². The number of hydrogen-bond acceptors (Lipinski definition) is 6. The second-order valence-electron chi connectivity index (χ2n) is 8.48. The zero-order valence-corrected chi connectivity index (χ0v) is 22.2. The van der Waals surface area contributed by atoms with E-state index in [1.54, 1.807) is 6.92 Å². The van der Waals surface area contributed by atoms with E-state index in [0.717, 1.165) is 12.1 Å². The van der Waals surface area contributed by atoms with Crippen LogP contribution in [0, 0.1) is 11.6 Å². The monoisotopic (exact) mass is 561 g/mol. The number of nitrogens with zero attached hydrogens (tertiary/aromatic N) is 1. The Bertz CT molecular complexity index is 1350. The van der Waals surface area contributed by atoms with E-state index in [-0.39, 0.29) is 29.4 Å². The summed E-state index contributed by atoms with van der Waals surface area (Å²) < 4.78 is 64.5. The van der Waals surface area contributed by atoms with Crippen molar-refractivity contribution in [2.45, 2.75) is 24.4 Å². The Labute approximate surface area is 225 Å². The molecule has 0 bridgehead atoms. The van der Waals surface area contributed by atoms with Gasteiger partial charge in [0.1, 0.15) is 23.4 Å². The smallest absolute Gasteiger partial charge is 0.261 e. The number of ether oxygens (including phenoxy) is 2. The molecule has 0 aromatic heterocycles. The minimum atomic E-state index is -3.94. The van der Waals surface area contributed by atoms with Gasteiger partial charge in [-0.2, -0.15) is 0 Å². The molecule has 0 fully saturated rings. The number of methoxy groups -OCH3 is 1. The predicted octanol–water partition coefficient (Wildman–Crippen LogP) is 3.32. The summed E-state index contributed by atoms with van der Waals surface area (Å²) in [5.41, 5.74) is 0.813. The number of carbonyl (C=O) groups is 2. The number of nitrogens with one attached hydrogen (secondary N) is 2. The molecule has 0 spiro atoms. The van der Waals surface area contributed by atoms with Crippen LogP contribution in [0.3, 0.4) is 0 Å². The van der Waals surface area contributed by atoms with Crippen LogP contribution >= 0.6 is 0 Å². The highest BCUT2D eigenvalue weighted by Gasteiger charge is 2.26. The molecular weight excluding hydrogens is 532 g/mol. The van der Waals surface area contributed by atoms with Crippen LogP contribution in [0.5, 0.6) is 5.75 Å². The first-order valence-corrected chi connectivity index (χ1v) is 13.4. The van der Waals surface area contributed by atoms with Gasteiger partial charge in [0.2, 0.25) is 5.91 Å². The first kappa shape index (κ1) is 29.5. The number of hydrogen-bond donors (Lipinski definition) is 2. The van der Waals surface area contributed by atoms with Crippen LogP contribution in [0.25, 0.3) is 0 Å². The number of amides is 2. The van der Waals surface area contributed by atoms with Gasteiger partial charge < -0.3 is 19.7 Å². The van der Waals surface area contributed by atoms with Crippen molar-refractivity contribution in [3.8, 4) is 5.75 Å². The largest absolute Gasteiger partial charge is 0.484 e. The molecule has 0 heterocycles. The van der Waals surface area contributed by atoms with E-state index < -0.39 is 46.1 Å². The third kappa shape index (κ3) is 8.76. The highest BCUT2D eigenvalue weighted by Crippen LogP contribution is 2.20. The summed E-state index contributed by atoms with van der Waals surface area (Å²) in [6.45, 7) is 1.74. The Balaban J connectivity index is 1.67. The SMILES string of the molecule is COCCNC(=O)[C@H](C)N(Cc1ccc(F)cc1)C(=O)COc1ccc(S(=O)(=O)Nc2ccc(F)cc2)cc1. The number of rotatable bonds is 13. The van der Waals surface area contributed by atoms with Crippen LogP contribution in [0.4, 0.5) is 14.5 Å². The minimum Gasteiger partial charge on any atom is -0.484 e. The highest BCUT2D eigenvalue weighted by atomic mass is 32.2. The number of halogens is 2. The molecule has 2 amide bonds. The Morgan fingerprint density at radius 2 is 1.51 bits per heavy atom. The molecule has 208 valence electrons. The van der Waals surface area contributed by atoms with Crippen molar-refractivity contribution in [2.75, 3.05) is 31.6 Å². The molecule has 0 saturated carbocycles. The van der Waals surface area contributed by atoms with E-state index in [4.69, 9.17) is 9.47 Å². The van der Waals surface area contributed by atoms with Crippen molar-refractivity contribution in [2.24, 2.45) is 0 Å². The number of carbonyl (C=O) groups excluding carboxylic acids is 2. The molecule has 0 aliphatic rings. The van der Waals surface area contributed by atoms with E-state index in [9.17, 15) is 26.8 Å². The molecule has 0 saturated heterocycles. The van der Waals surface area contributed by atoms with Crippen molar-refractivity contribution >= 4 is 27.5 Å². The Morgan fingerprint density at radius 3 is 2.10 bits per heavy atom. The molecule has 0 unspecified atom stereocenters. The highest BCUT2D eigenvalue weighted by molar-refractivity contribution is 7.92. The summed E-state index contributed by atoms with van der Waals surface area (Å²) in [4.78, 5) is 27.0. The summed E-state index contributed by atoms with van der Waals surface area (Å²) in [5.74, 6) is -1.60. The van der Waals surface area contributed by atoms with Gasteiger partial charge in [-0.3, -0.25) is 14.3 Å². The lowest BCUT2D eigenvalue weighted by atomic mass is 10.1. The molecule has 0 radical (unpaired) electrons. The van der Waals surface area contributed by atoms with Crippen molar-refractivity contribution < 1.29 is 36.3 Å². The van der Waals surface area contributed by atoms with Crippen molar-refractivity contribution in [3.05, 3.63) is 90.0 Å². The lowest BCUT2D eigenvalue weighted by Crippen LogP contribution is -2.49. The van der Waals surface area contributed by atoms with E-state index in [1.165, 1.54) is 72.7 Å². The van der Waals surface area contributed by atoms with Gasteiger partial charge in [-0.15, -0.1) is 0 Å². The molecule has 39 heavy (non-hydrogen) atoms. The molecule has 0 aliphatic heterocycles. The van der Waals surface area contributed by atoms with E-state index in [1.807, 2.05) is 0 Å². The summed E-state index contributed by atoms with van der Waals surface area (Å²) in [6.07, 6.45) is 0. The summed E-state index contributed by atoms with van der Waals surface area (Å²) >= 11 is 0. The van der Waals surface area contributed by atoms with Crippen LogP contribution in [0.15, 0.2) is 77.7 Å². The van der Waals surface area contributed by atoms with Crippen LogP contribution in [0.2, 0.25) is 0 Å². The lowest BCUT2D eigenvalue weighted by Gasteiger charge is -2.28. The fourth-order valence-electron chi connectivity index (χ4n) is 3.47. The quantitative estimate of drug-likeness (QED) is 0.310. The second-order valence-corrected chi connectivity index (χ2v) is 10.2. The molecule has 0 aliphatic carbocycles. The summed E-state index contributed by atoms with van der Waals surface area (Å²) in [5, 5.41) is 2.69. The van der Waals surface area contributed by atoms with Gasteiger partial charge in [-0.1, -0.05) is 12.1 Å². The summed E-state index contributed by atoms with van der Waals surface area (Å²) in [7, 11) is -2.44. The van der Waals surface area contributed by atoms with Gasteiger partial charge in [0.05, 0.1) is 11.5 Å². The van der Waals surface area contributed by atoms with Crippen molar-refractivity contribution in [1.29, 1.82) is 0 Å². The average Bonchev–Trinajstić information content (AvgIpc) is 2.92. The van der Waals surface area contributed by atoms with Crippen LogP contribution in [0.1, 0.15) is 12.5 Å². The Morgan fingerprint density at radius 1 is 0.923 bits per heavy atom. The molecule has 12 heteroatoms. The molecule has 1 atom stereocenters. The normalized spacial score (nSPS) is 11.9. The number of sulfonamides is 1. The standard InChI is InChI=1S/C27H29F2N3O6S/c1-19(27(34)30-15-16-37-2)32(17-20-3-5-21(28)6-4-20)26(33)18-38-24-11-13-25(14-12-24)39(35,36)31-23-9-7-22(29)8-10-23/h3-14,19,31H,15-18H2,1-2H3,(H,30,34)/t19-/m0/s1. The third-order valence-corrected chi connectivity index (χ3v) is 7.03. The second kappa shape index (κ2) is 13.7. The van der Waals surface area contributed by atoms with Gasteiger partial charge in [0.15, 0.2) is 6.61 Å². The summed E-state index contributed by atoms with van der Waals surface area (Å²) in [6, 6.07) is 14.9. The predicted molar refractivity (Wildman–Crippen MR) is 140 cm³/mol. The van der Waals surface area contributed by atoms with E-state index in [2.05, 4.69) is 10.0 Å². The maximum atomic E-state index is 13.3. The zero-order valence-electron chi connectivity index (χ0n) is 21.4. The van der Waals surface area contributed by atoms with Crippen molar-refractivity contribution in [3.63, 3.8) is 0 Å². The van der Waals surface area contributed by atoms with E-state index >= 15 is 0 Å². The first-order valence-electron chi connectivity index (χ1n) is 11.9. The molecule has 2 N–H and O–H groups in total. The van der Waals surface area contributed by atoms with Crippen LogP contribution in [-0.2, 0) is 30.9 Å². The minimum absolute atomic E-state index is 0.0353. The molecular formula is C27H29F2N3O6S. The maximum absolute atomic E-state index is 13.3. The first-order chi connectivity index (χ1) is 18.6. The number of benzene rings is 3. The Kier molecular flexibility index (Phi) is 10.4. The number of anilines is 1. The topological polar surface area (TPSA) is 114 Å². The van der Waals surface area contributed by atoms with Gasteiger partial charge in [0, 0.05) is 25.9 Å². The van der Waals surface area contributed by atoms with Crippen LogP contribution < -0.4 is 14.8 Å². The van der Waals surface area contributed by atoms with Gasteiger partial charge >= 0.3 is 0 Å². The van der Waals surface area contributed by atoms with Gasteiger partial charge in [-0.25, -0.2) is 17.2 Å². The molecule has 9 nitrogen and oxygen atoms in total. The molecule has 3 aromatic rings. The fraction of sp³-hybridized carbons (Fsp3) is 0.259. The lowest BCUT2D eigenvalue weighted by molar-refractivity contribution is -0.142. The van der Waals surface area contributed by atoms with Gasteiger partial charge in [0.25, 0.3) is 15.9 Å². The van der Waals surface area contributed by atoms with Crippen molar-refractivity contribution in [1.82, 2.24) is 10.2 Å². The average molecular weight is 562 g/mol. The Hall–Kier alpha value is -4.03. The fourth-order valence-corrected chi connectivity index (χ4v) is 4.53. The third-order valence-electron chi connectivity index (χ3n) is 5.63.